The molecule has 0 unspecified atom stereocenters. The summed E-state index contributed by atoms with van der Waals surface area (Å²) in [6, 6.07) is 10.9. The molecular formula is C22H26N2O5. The van der Waals surface area contributed by atoms with Gasteiger partial charge in [0.25, 0.3) is 11.8 Å². The molecule has 0 spiro atoms. The highest BCUT2D eigenvalue weighted by atomic mass is 16.5. The van der Waals surface area contributed by atoms with Crippen molar-refractivity contribution in [1.29, 1.82) is 0 Å². The summed E-state index contributed by atoms with van der Waals surface area (Å²) < 4.78 is 16.1. The van der Waals surface area contributed by atoms with E-state index < -0.39 is 17.9 Å². The topological polar surface area (TPSA) is 85.9 Å². The van der Waals surface area contributed by atoms with Crippen LogP contribution < -0.4 is 25.1 Å². The summed E-state index contributed by atoms with van der Waals surface area (Å²) >= 11 is 0. The third kappa shape index (κ3) is 6.27. The van der Waals surface area contributed by atoms with Gasteiger partial charge in [0.15, 0.2) is 6.10 Å². The van der Waals surface area contributed by atoms with Crippen LogP contribution in [0.4, 0.5) is 0 Å². The van der Waals surface area contributed by atoms with Crippen molar-refractivity contribution in [3.05, 3.63) is 59.2 Å². The zero-order chi connectivity index (χ0) is 21.4. The fourth-order valence-corrected chi connectivity index (χ4v) is 2.46. The summed E-state index contributed by atoms with van der Waals surface area (Å²) in [5, 5.41) is 0. The van der Waals surface area contributed by atoms with Crippen LogP contribution in [0.5, 0.6) is 17.2 Å². The molecule has 0 aliphatic rings. The Balaban J connectivity index is 1.90. The number of amides is 2. The van der Waals surface area contributed by atoms with E-state index in [1.165, 1.54) is 6.08 Å². The van der Waals surface area contributed by atoms with E-state index in [0.29, 0.717) is 22.8 Å². The number of aryl methyl sites for hydroxylation is 1. The average Bonchev–Trinajstić information content (AvgIpc) is 2.73. The lowest BCUT2D eigenvalue weighted by Gasteiger charge is -2.17. The Morgan fingerprint density at radius 3 is 2.28 bits per heavy atom. The van der Waals surface area contributed by atoms with Gasteiger partial charge in [-0.3, -0.25) is 20.4 Å². The van der Waals surface area contributed by atoms with Crippen LogP contribution in [-0.4, -0.2) is 32.1 Å². The van der Waals surface area contributed by atoms with E-state index in [1.54, 1.807) is 51.5 Å². The maximum atomic E-state index is 12.2. The number of nitrogens with one attached hydrogen (secondary N) is 2. The van der Waals surface area contributed by atoms with Crippen molar-refractivity contribution in [2.45, 2.75) is 26.9 Å². The molecule has 0 aliphatic carbocycles. The molecule has 154 valence electrons. The monoisotopic (exact) mass is 398 g/mol. The summed E-state index contributed by atoms with van der Waals surface area (Å²) in [5.41, 5.74) is 7.44. The molecule has 1 atom stereocenters. The van der Waals surface area contributed by atoms with E-state index in [9.17, 15) is 9.59 Å². The van der Waals surface area contributed by atoms with Gasteiger partial charge in [-0.15, -0.1) is 0 Å². The molecule has 0 aliphatic heterocycles. The molecule has 0 bridgehead atoms. The first-order valence-corrected chi connectivity index (χ1v) is 9.08. The number of ether oxygens (including phenoxy) is 3. The lowest BCUT2D eigenvalue weighted by Crippen LogP contribution is -2.46. The number of carbonyl (C=O) groups is 2. The summed E-state index contributed by atoms with van der Waals surface area (Å²) in [4.78, 5) is 24.2. The second-order valence-electron chi connectivity index (χ2n) is 6.42. The number of benzene rings is 2. The molecule has 29 heavy (non-hydrogen) atoms. The minimum Gasteiger partial charge on any atom is -0.497 e. The first-order chi connectivity index (χ1) is 13.8. The molecule has 0 fully saturated rings. The smallest absolute Gasteiger partial charge is 0.279 e. The van der Waals surface area contributed by atoms with E-state index in [2.05, 4.69) is 10.9 Å². The molecule has 2 amide bonds. The quantitative estimate of drug-likeness (QED) is 0.553. The highest BCUT2D eigenvalue weighted by Crippen LogP contribution is 2.23. The van der Waals surface area contributed by atoms with Crippen LogP contribution in [0.25, 0.3) is 6.08 Å². The van der Waals surface area contributed by atoms with Gasteiger partial charge in [0.2, 0.25) is 0 Å². The normalized spacial score (nSPS) is 11.6. The van der Waals surface area contributed by atoms with Gasteiger partial charge < -0.3 is 14.2 Å². The molecule has 2 N–H and O–H groups in total. The van der Waals surface area contributed by atoms with Crippen molar-refractivity contribution in [1.82, 2.24) is 10.9 Å². The Labute approximate surface area is 170 Å². The van der Waals surface area contributed by atoms with Gasteiger partial charge >= 0.3 is 0 Å². The number of hydrogen-bond acceptors (Lipinski definition) is 5. The fourth-order valence-electron chi connectivity index (χ4n) is 2.46. The van der Waals surface area contributed by atoms with Crippen molar-refractivity contribution >= 4 is 17.9 Å². The maximum Gasteiger partial charge on any atom is 0.279 e. The summed E-state index contributed by atoms with van der Waals surface area (Å²) in [7, 11) is 3.10. The number of rotatable bonds is 7. The Morgan fingerprint density at radius 2 is 1.66 bits per heavy atom. The molecular weight excluding hydrogens is 372 g/mol. The molecule has 2 aromatic rings. The predicted molar refractivity (Wildman–Crippen MR) is 111 cm³/mol. The van der Waals surface area contributed by atoms with E-state index in [1.807, 2.05) is 26.0 Å². The lowest BCUT2D eigenvalue weighted by atomic mass is 10.1. The zero-order valence-electron chi connectivity index (χ0n) is 17.2. The van der Waals surface area contributed by atoms with E-state index in [0.717, 1.165) is 11.1 Å². The Morgan fingerprint density at radius 1 is 1.00 bits per heavy atom. The number of methoxy groups -OCH3 is 2. The van der Waals surface area contributed by atoms with Gasteiger partial charge in [0.05, 0.1) is 14.2 Å². The van der Waals surface area contributed by atoms with Crippen LogP contribution in [-0.2, 0) is 9.59 Å². The van der Waals surface area contributed by atoms with E-state index in [-0.39, 0.29) is 0 Å². The Kier molecular flexibility index (Phi) is 7.65. The molecule has 7 heteroatoms. The van der Waals surface area contributed by atoms with E-state index >= 15 is 0 Å². The summed E-state index contributed by atoms with van der Waals surface area (Å²) in [6.45, 7) is 5.51. The molecule has 7 nitrogen and oxygen atoms in total. The number of carbonyl (C=O) groups excluding carboxylic acids is 2. The van der Waals surface area contributed by atoms with Crippen molar-refractivity contribution in [2.75, 3.05) is 14.2 Å². The molecule has 0 radical (unpaired) electrons. The average molecular weight is 398 g/mol. The molecule has 0 saturated heterocycles. The highest BCUT2D eigenvalue weighted by Gasteiger charge is 2.16. The molecule has 0 heterocycles. The minimum atomic E-state index is -0.776. The second kappa shape index (κ2) is 10.2. The van der Waals surface area contributed by atoms with Crippen LogP contribution in [0.3, 0.4) is 0 Å². The summed E-state index contributed by atoms with van der Waals surface area (Å²) in [5.74, 6) is 0.894. The van der Waals surface area contributed by atoms with Crippen molar-refractivity contribution < 1.29 is 23.8 Å². The highest BCUT2D eigenvalue weighted by molar-refractivity contribution is 5.93. The van der Waals surface area contributed by atoms with E-state index in [4.69, 9.17) is 14.2 Å². The van der Waals surface area contributed by atoms with Crippen LogP contribution in [0.1, 0.15) is 23.6 Å². The standard InChI is InChI=1S/C22H26N2O5/c1-14-7-6-8-20(15(14)2)29-16(3)22(26)24-23-21(25)10-9-17-11-18(27-4)13-19(12-17)28-5/h6-13,16H,1-5H3,(H,23,25)(H,24,26)/b10-9+/t16-/m1/s1. The van der Waals surface area contributed by atoms with Gasteiger partial charge in [-0.1, -0.05) is 12.1 Å². The SMILES string of the molecule is COc1cc(/C=C/C(=O)NNC(=O)[C@@H](C)Oc2cccc(C)c2C)cc(OC)c1. The van der Waals surface area contributed by atoms with Crippen LogP contribution in [0, 0.1) is 13.8 Å². The first-order valence-electron chi connectivity index (χ1n) is 9.08. The Hall–Kier alpha value is -3.48. The number of hydrogen-bond donors (Lipinski definition) is 2. The third-order valence-corrected chi connectivity index (χ3v) is 4.34. The van der Waals surface area contributed by atoms with Crippen LogP contribution >= 0.6 is 0 Å². The van der Waals surface area contributed by atoms with Gasteiger partial charge in [-0.2, -0.15) is 0 Å². The van der Waals surface area contributed by atoms with Gasteiger partial charge in [-0.05, 0) is 61.7 Å². The second-order valence-corrected chi connectivity index (χ2v) is 6.42. The third-order valence-electron chi connectivity index (χ3n) is 4.34. The largest absolute Gasteiger partial charge is 0.497 e. The predicted octanol–water partition coefficient (Wildman–Crippen LogP) is 2.95. The van der Waals surface area contributed by atoms with Crippen molar-refractivity contribution in [2.24, 2.45) is 0 Å². The molecule has 2 aromatic carbocycles. The first kappa shape index (κ1) is 21.8. The van der Waals surface area contributed by atoms with Crippen LogP contribution in [0.15, 0.2) is 42.5 Å². The minimum absolute atomic E-state index is 0.462. The molecule has 2 rings (SSSR count). The van der Waals surface area contributed by atoms with Crippen LogP contribution in [0.2, 0.25) is 0 Å². The molecule has 0 saturated carbocycles. The zero-order valence-corrected chi connectivity index (χ0v) is 17.2. The fraction of sp³-hybridized carbons (Fsp3) is 0.273. The molecule has 0 aromatic heterocycles. The summed E-state index contributed by atoms with van der Waals surface area (Å²) in [6.07, 6.45) is 2.11. The number of hydrazine groups is 1. The lowest BCUT2D eigenvalue weighted by molar-refractivity contribution is -0.131. The van der Waals surface area contributed by atoms with Gasteiger partial charge in [0.1, 0.15) is 17.2 Å². The Bertz CT molecular complexity index is 886. The van der Waals surface area contributed by atoms with Crippen molar-refractivity contribution in [3.8, 4) is 17.2 Å². The van der Waals surface area contributed by atoms with Gasteiger partial charge in [-0.25, -0.2) is 0 Å². The van der Waals surface area contributed by atoms with Crippen molar-refractivity contribution in [3.63, 3.8) is 0 Å². The van der Waals surface area contributed by atoms with Gasteiger partial charge in [0, 0.05) is 12.1 Å². The maximum absolute atomic E-state index is 12.2.